The van der Waals surface area contributed by atoms with Gasteiger partial charge in [-0.05, 0) is 18.1 Å². The molecule has 5 heteroatoms. The maximum Gasteiger partial charge on any atom is 0.157 e. The van der Waals surface area contributed by atoms with E-state index < -0.39 is 0 Å². The van der Waals surface area contributed by atoms with Crippen molar-refractivity contribution in [1.29, 1.82) is 0 Å². The van der Waals surface area contributed by atoms with Crippen molar-refractivity contribution < 1.29 is 5.11 Å². The van der Waals surface area contributed by atoms with Crippen molar-refractivity contribution >= 4 is 0 Å². The molecule has 20 heavy (non-hydrogen) atoms. The third-order valence-electron chi connectivity index (χ3n) is 3.06. The quantitative estimate of drug-likeness (QED) is 0.788. The summed E-state index contributed by atoms with van der Waals surface area (Å²) in [5.74, 6) is 0.704. The number of rotatable bonds is 3. The summed E-state index contributed by atoms with van der Waals surface area (Å²) in [7, 11) is 0. The smallest absolute Gasteiger partial charge is 0.157 e. The van der Waals surface area contributed by atoms with Crippen LogP contribution in [-0.4, -0.2) is 24.9 Å². The van der Waals surface area contributed by atoms with Gasteiger partial charge in [-0.1, -0.05) is 24.3 Å². The SMILES string of the molecule is Cc1cnn(-c2cc(-c3ccccc3CO)ncn2)c1. The monoisotopic (exact) mass is 266 g/mol. The minimum absolute atomic E-state index is 0.0175. The summed E-state index contributed by atoms with van der Waals surface area (Å²) in [6, 6.07) is 9.50. The number of aryl methyl sites for hydroxylation is 1. The minimum atomic E-state index is -0.0175. The molecule has 3 aromatic rings. The van der Waals surface area contributed by atoms with E-state index in [4.69, 9.17) is 0 Å². The lowest BCUT2D eigenvalue weighted by Gasteiger charge is -2.07. The van der Waals surface area contributed by atoms with Gasteiger partial charge in [-0.25, -0.2) is 14.6 Å². The van der Waals surface area contributed by atoms with Crippen molar-refractivity contribution in [1.82, 2.24) is 19.7 Å². The van der Waals surface area contributed by atoms with Crippen LogP contribution in [0.1, 0.15) is 11.1 Å². The number of hydrogen-bond acceptors (Lipinski definition) is 4. The van der Waals surface area contributed by atoms with E-state index in [9.17, 15) is 5.11 Å². The number of benzene rings is 1. The molecule has 0 unspecified atom stereocenters. The molecule has 0 aliphatic carbocycles. The van der Waals surface area contributed by atoms with Crippen LogP contribution in [0, 0.1) is 6.92 Å². The van der Waals surface area contributed by atoms with Crippen molar-refractivity contribution in [2.24, 2.45) is 0 Å². The van der Waals surface area contributed by atoms with E-state index in [2.05, 4.69) is 15.1 Å². The summed E-state index contributed by atoms with van der Waals surface area (Å²) in [6.45, 7) is 1.96. The highest BCUT2D eigenvalue weighted by Gasteiger charge is 2.08. The Kier molecular flexibility index (Phi) is 3.26. The van der Waals surface area contributed by atoms with E-state index in [1.54, 1.807) is 10.9 Å². The molecular weight excluding hydrogens is 252 g/mol. The van der Waals surface area contributed by atoms with E-state index in [0.717, 1.165) is 22.4 Å². The first-order valence-electron chi connectivity index (χ1n) is 6.31. The Bertz CT molecular complexity index is 736. The molecule has 0 radical (unpaired) electrons. The average Bonchev–Trinajstić information content (AvgIpc) is 2.94. The highest BCUT2D eigenvalue weighted by Crippen LogP contribution is 2.22. The van der Waals surface area contributed by atoms with Crippen LogP contribution in [0.5, 0.6) is 0 Å². The predicted octanol–water partition coefficient (Wildman–Crippen LogP) is 2.13. The van der Waals surface area contributed by atoms with Crippen LogP contribution in [0.2, 0.25) is 0 Å². The highest BCUT2D eigenvalue weighted by atomic mass is 16.3. The summed E-state index contributed by atoms with van der Waals surface area (Å²) in [5, 5.41) is 13.6. The second-order valence-electron chi connectivity index (χ2n) is 4.54. The van der Waals surface area contributed by atoms with Crippen LogP contribution in [0.3, 0.4) is 0 Å². The van der Waals surface area contributed by atoms with Gasteiger partial charge in [0.1, 0.15) is 6.33 Å². The van der Waals surface area contributed by atoms with Gasteiger partial charge in [0.15, 0.2) is 5.82 Å². The van der Waals surface area contributed by atoms with Crippen LogP contribution < -0.4 is 0 Å². The van der Waals surface area contributed by atoms with E-state index in [0.29, 0.717) is 5.82 Å². The predicted molar refractivity (Wildman–Crippen MR) is 75.2 cm³/mol. The van der Waals surface area contributed by atoms with Crippen LogP contribution in [-0.2, 0) is 6.61 Å². The van der Waals surface area contributed by atoms with Gasteiger partial charge in [0.2, 0.25) is 0 Å². The van der Waals surface area contributed by atoms with Gasteiger partial charge in [-0.15, -0.1) is 0 Å². The molecule has 3 rings (SSSR count). The number of nitrogens with zero attached hydrogens (tertiary/aromatic N) is 4. The Balaban J connectivity index is 2.07. The van der Waals surface area contributed by atoms with Gasteiger partial charge in [0.05, 0.1) is 18.5 Å². The van der Waals surface area contributed by atoms with Gasteiger partial charge in [-0.3, -0.25) is 0 Å². The Morgan fingerprint density at radius 1 is 1.20 bits per heavy atom. The average molecular weight is 266 g/mol. The lowest BCUT2D eigenvalue weighted by molar-refractivity contribution is 0.282. The molecule has 2 aromatic heterocycles. The van der Waals surface area contributed by atoms with Crippen molar-refractivity contribution in [3.05, 3.63) is 60.2 Å². The van der Waals surface area contributed by atoms with Crippen LogP contribution in [0.25, 0.3) is 17.1 Å². The molecule has 0 fully saturated rings. The number of aliphatic hydroxyl groups is 1. The molecule has 100 valence electrons. The lowest BCUT2D eigenvalue weighted by Crippen LogP contribution is -2.00. The van der Waals surface area contributed by atoms with Crippen molar-refractivity contribution in [2.45, 2.75) is 13.5 Å². The first-order chi connectivity index (χ1) is 9.78. The van der Waals surface area contributed by atoms with Crippen molar-refractivity contribution in [3.63, 3.8) is 0 Å². The summed E-state index contributed by atoms with van der Waals surface area (Å²) < 4.78 is 1.71. The Morgan fingerprint density at radius 3 is 2.80 bits per heavy atom. The molecule has 1 N–H and O–H groups in total. The first-order valence-corrected chi connectivity index (χ1v) is 6.31. The first kappa shape index (κ1) is 12.5. The second kappa shape index (κ2) is 5.22. The zero-order valence-corrected chi connectivity index (χ0v) is 11.1. The van der Waals surface area contributed by atoms with Crippen molar-refractivity contribution in [2.75, 3.05) is 0 Å². The fourth-order valence-corrected chi connectivity index (χ4v) is 2.07. The van der Waals surface area contributed by atoms with E-state index >= 15 is 0 Å². The molecule has 2 heterocycles. The van der Waals surface area contributed by atoms with E-state index in [1.165, 1.54) is 6.33 Å². The molecule has 0 aliphatic heterocycles. The standard InChI is InChI=1S/C15H14N4O/c1-11-7-18-19(8-11)15-6-14(16-10-17-15)13-5-3-2-4-12(13)9-20/h2-8,10,20H,9H2,1H3. The highest BCUT2D eigenvalue weighted by molar-refractivity contribution is 5.64. The maximum absolute atomic E-state index is 9.41. The molecule has 0 amide bonds. The van der Waals surface area contributed by atoms with Gasteiger partial charge in [0, 0.05) is 17.8 Å². The normalized spacial score (nSPS) is 10.7. The van der Waals surface area contributed by atoms with E-state index in [1.807, 2.05) is 43.5 Å². The third-order valence-corrected chi connectivity index (χ3v) is 3.06. The van der Waals surface area contributed by atoms with Gasteiger partial charge < -0.3 is 5.11 Å². The summed E-state index contributed by atoms with van der Waals surface area (Å²) >= 11 is 0. The van der Waals surface area contributed by atoms with Gasteiger partial charge in [0.25, 0.3) is 0 Å². The zero-order valence-electron chi connectivity index (χ0n) is 11.1. The molecule has 0 aliphatic rings. The fraction of sp³-hybridized carbons (Fsp3) is 0.133. The molecular formula is C15H14N4O. The molecule has 0 saturated heterocycles. The number of hydrogen-bond donors (Lipinski definition) is 1. The van der Waals surface area contributed by atoms with Crippen LogP contribution in [0.4, 0.5) is 0 Å². The zero-order chi connectivity index (χ0) is 13.9. The molecule has 5 nitrogen and oxygen atoms in total. The largest absolute Gasteiger partial charge is 0.392 e. The molecule has 1 aromatic carbocycles. The topological polar surface area (TPSA) is 63.8 Å². The van der Waals surface area contributed by atoms with E-state index in [-0.39, 0.29) is 6.61 Å². The summed E-state index contributed by atoms with van der Waals surface area (Å²) in [5.41, 5.74) is 3.59. The van der Waals surface area contributed by atoms with Gasteiger partial charge >= 0.3 is 0 Å². The Hall–Kier alpha value is -2.53. The Morgan fingerprint density at radius 2 is 2.05 bits per heavy atom. The third kappa shape index (κ3) is 2.31. The minimum Gasteiger partial charge on any atom is -0.392 e. The fourth-order valence-electron chi connectivity index (χ4n) is 2.07. The summed E-state index contributed by atoms with van der Waals surface area (Å²) in [4.78, 5) is 8.52. The molecule has 0 bridgehead atoms. The molecule has 0 atom stereocenters. The van der Waals surface area contributed by atoms with Gasteiger partial charge in [-0.2, -0.15) is 5.10 Å². The molecule has 0 saturated carbocycles. The van der Waals surface area contributed by atoms with Crippen LogP contribution in [0.15, 0.2) is 49.1 Å². The second-order valence-corrected chi connectivity index (χ2v) is 4.54. The maximum atomic E-state index is 9.41. The molecule has 0 spiro atoms. The lowest BCUT2D eigenvalue weighted by atomic mass is 10.1. The van der Waals surface area contributed by atoms with Crippen molar-refractivity contribution in [3.8, 4) is 17.1 Å². The number of aliphatic hydroxyl groups excluding tert-OH is 1. The van der Waals surface area contributed by atoms with Crippen LogP contribution >= 0.6 is 0 Å². The Labute approximate surface area is 116 Å². The summed E-state index contributed by atoms with van der Waals surface area (Å²) in [6.07, 6.45) is 5.20. The number of aromatic nitrogens is 4.